The first kappa shape index (κ1) is 18.2. The maximum absolute atomic E-state index is 12.8. The van der Waals surface area contributed by atoms with Crippen LogP contribution in [-0.4, -0.2) is 47.0 Å². The van der Waals surface area contributed by atoms with Gasteiger partial charge in [-0.3, -0.25) is 9.69 Å². The molecule has 0 unspecified atom stereocenters. The van der Waals surface area contributed by atoms with Gasteiger partial charge in [0.05, 0.1) is 5.69 Å². The molecule has 0 aliphatic carbocycles. The van der Waals surface area contributed by atoms with Crippen LogP contribution in [0.5, 0.6) is 0 Å². The monoisotopic (exact) mass is 367 g/mol. The van der Waals surface area contributed by atoms with E-state index in [0.29, 0.717) is 23.5 Å². The molecule has 5 nitrogen and oxygen atoms in total. The van der Waals surface area contributed by atoms with Crippen LogP contribution in [0.3, 0.4) is 0 Å². The number of hydrogen-bond acceptors (Lipinski definition) is 4. The van der Waals surface area contributed by atoms with Gasteiger partial charge < -0.3 is 9.42 Å². The van der Waals surface area contributed by atoms with Gasteiger partial charge in [-0.25, -0.2) is 0 Å². The molecule has 0 spiro atoms. The summed E-state index contributed by atoms with van der Waals surface area (Å²) < 4.78 is 5.39. The Morgan fingerprint density at radius 3 is 2.41 bits per heavy atom. The minimum absolute atomic E-state index is 0.00344. The summed E-state index contributed by atoms with van der Waals surface area (Å²) in [6, 6.07) is 12.5. The van der Waals surface area contributed by atoms with E-state index in [4.69, 9.17) is 4.52 Å². The SMILES string of the molecule is CCC(CC)c1cc(C(=O)N2C[C@H]3CN(Cc4ccccc4)C[C@@H]3C2)on1. The molecular formula is C22H29N3O2. The molecule has 1 aromatic heterocycles. The maximum atomic E-state index is 12.8. The summed E-state index contributed by atoms with van der Waals surface area (Å²) in [6.45, 7) is 9.09. The van der Waals surface area contributed by atoms with Gasteiger partial charge in [0.25, 0.3) is 5.91 Å². The van der Waals surface area contributed by atoms with Crippen LogP contribution in [0.25, 0.3) is 0 Å². The summed E-state index contributed by atoms with van der Waals surface area (Å²) in [5.41, 5.74) is 2.28. The summed E-state index contributed by atoms with van der Waals surface area (Å²) in [6.07, 6.45) is 2.03. The van der Waals surface area contributed by atoms with Gasteiger partial charge in [0.2, 0.25) is 5.76 Å². The molecule has 2 aliphatic heterocycles. The van der Waals surface area contributed by atoms with Crippen LogP contribution in [0.4, 0.5) is 0 Å². The standard InChI is InChI=1S/C22H29N3O2/c1-3-17(4-2)20-10-21(27-23-20)22(26)25-14-18-12-24(13-19(18)15-25)11-16-8-6-5-7-9-16/h5-10,17-19H,3-4,11-15H2,1-2H3/t18-,19-/m1/s1. The van der Waals surface area contributed by atoms with Crippen molar-refractivity contribution in [2.45, 2.75) is 39.2 Å². The smallest absolute Gasteiger partial charge is 0.292 e. The fourth-order valence-electron chi connectivity index (χ4n) is 4.67. The first-order valence-electron chi connectivity index (χ1n) is 10.2. The van der Waals surface area contributed by atoms with E-state index in [1.807, 2.05) is 11.0 Å². The van der Waals surface area contributed by atoms with Crippen molar-refractivity contribution in [2.24, 2.45) is 11.8 Å². The second kappa shape index (κ2) is 7.85. The van der Waals surface area contributed by atoms with Crippen molar-refractivity contribution in [3.05, 3.63) is 53.4 Å². The van der Waals surface area contributed by atoms with E-state index in [0.717, 1.165) is 51.3 Å². The topological polar surface area (TPSA) is 49.6 Å². The zero-order chi connectivity index (χ0) is 18.8. The maximum Gasteiger partial charge on any atom is 0.292 e. The van der Waals surface area contributed by atoms with Crippen LogP contribution in [0, 0.1) is 11.8 Å². The molecule has 2 saturated heterocycles. The van der Waals surface area contributed by atoms with E-state index >= 15 is 0 Å². The van der Waals surface area contributed by atoms with E-state index in [2.05, 4.69) is 54.2 Å². The Morgan fingerprint density at radius 1 is 1.11 bits per heavy atom. The van der Waals surface area contributed by atoms with Gasteiger partial charge in [0.1, 0.15) is 0 Å². The van der Waals surface area contributed by atoms with Crippen LogP contribution in [0.2, 0.25) is 0 Å². The average Bonchev–Trinajstić information content (AvgIpc) is 3.38. The third-order valence-corrected chi connectivity index (χ3v) is 6.24. The van der Waals surface area contributed by atoms with Crippen molar-refractivity contribution in [1.82, 2.24) is 15.0 Å². The van der Waals surface area contributed by atoms with E-state index < -0.39 is 0 Å². The normalized spacial score (nSPS) is 22.6. The van der Waals surface area contributed by atoms with E-state index in [1.54, 1.807) is 0 Å². The van der Waals surface area contributed by atoms with Gasteiger partial charge in [-0.15, -0.1) is 0 Å². The van der Waals surface area contributed by atoms with Crippen molar-refractivity contribution < 1.29 is 9.32 Å². The van der Waals surface area contributed by atoms with Crippen molar-refractivity contribution >= 4 is 5.91 Å². The highest BCUT2D eigenvalue weighted by atomic mass is 16.5. The highest BCUT2D eigenvalue weighted by molar-refractivity contribution is 5.91. The second-order valence-corrected chi connectivity index (χ2v) is 8.04. The lowest BCUT2D eigenvalue weighted by atomic mass is 9.99. The van der Waals surface area contributed by atoms with Crippen molar-refractivity contribution in [3.8, 4) is 0 Å². The quantitative estimate of drug-likeness (QED) is 0.780. The summed E-state index contributed by atoms with van der Waals surface area (Å²) in [4.78, 5) is 17.3. The fourth-order valence-corrected chi connectivity index (χ4v) is 4.67. The molecule has 2 atom stereocenters. The molecule has 144 valence electrons. The zero-order valence-electron chi connectivity index (χ0n) is 16.3. The Hall–Kier alpha value is -2.14. The van der Waals surface area contributed by atoms with Gasteiger partial charge in [0, 0.05) is 44.7 Å². The number of likely N-dealkylation sites (tertiary alicyclic amines) is 2. The van der Waals surface area contributed by atoms with Crippen molar-refractivity contribution in [2.75, 3.05) is 26.2 Å². The summed E-state index contributed by atoms with van der Waals surface area (Å²) in [5.74, 6) is 1.92. The summed E-state index contributed by atoms with van der Waals surface area (Å²) in [7, 11) is 0. The fraction of sp³-hybridized carbons (Fsp3) is 0.545. The van der Waals surface area contributed by atoms with E-state index in [1.165, 1.54) is 5.56 Å². The van der Waals surface area contributed by atoms with Gasteiger partial charge >= 0.3 is 0 Å². The molecular weight excluding hydrogens is 338 g/mol. The molecule has 5 heteroatoms. The minimum Gasteiger partial charge on any atom is -0.351 e. The van der Waals surface area contributed by atoms with Gasteiger partial charge in [0.15, 0.2) is 0 Å². The molecule has 2 fully saturated rings. The molecule has 4 rings (SSSR count). The number of hydrogen-bond donors (Lipinski definition) is 0. The number of rotatable bonds is 6. The first-order chi connectivity index (χ1) is 13.2. The molecule has 2 aliphatic rings. The molecule has 0 saturated carbocycles. The summed E-state index contributed by atoms with van der Waals surface area (Å²) in [5, 5.41) is 4.15. The molecule has 3 heterocycles. The molecule has 2 aromatic rings. The molecule has 27 heavy (non-hydrogen) atoms. The highest BCUT2D eigenvalue weighted by Gasteiger charge is 2.42. The molecule has 0 radical (unpaired) electrons. The van der Waals surface area contributed by atoms with Gasteiger partial charge in [-0.2, -0.15) is 0 Å². The molecule has 1 aromatic carbocycles. The Morgan fingerprint density at radius 2 is 1.78 bits per heavy atom. The van der Waals surface area contributed by atoms with Crippen LogP contribution >= 0.6 is 0 Å². The molecule has 0 N–H and O–H groups in total. The summed E-state index contributed by atoms with van der Waals surface area (Å²) >= 11 is 0. The number of carbonyl (C=O) groups is 1. The second-order valence-electron chi connectivity index (χ2n) is 8.04. The first-order valence-corrected chi connectivity index (χ1v) is 10.2. The zero-order valence-corrected chi connectivity index (χ0v) is 16.3. The Bertz CT molecular complexity index is 755. The number of carbonyl (C=O) groups excluding carboxylic acids is 1. The van der Waals surface area contributed by atoms with Crippen LogP contribution in [0.1, 0.15) is 54.4 Å². The lowest BCUT2D eigenvalue weighted by molar-refractivity contribution is 0.0731. The molecule has 1 amide bonds. The number of fused-ring (bicyclic) bond motifs is 1. The lowest BCUT2D eigenvalue weighted by Crippen LogP contribution is -2.33. The van der Waals surface area contributed by atoms with Crippen LogP contribution in [-0.2, 0) is 6.54 Å². The Balaban J connectivity index is 1.34. The van der Waals surface area contributed by atoms with Crippen LogP contribution in [0.15, 0.2) is 40.9 Å². The predicted molar refractivity (Wildman–Crippen MR) is 104 cm³/mol. The number of amides is 1. The van der Waals surface area contributed by atoms with Crippen molar-refractivity contribution in [3.63, 3.8) is 0 Å². The third-order valence-electron chi connectivity index (χ3n) is 6.24. The Labute approximate surface area is 161 Å². The highest BCUT2D eigenvalue weighted by Crippen LogP contribution is 2.33. The average molecular weight is 367 g/mol. The van der Waals surface area contributed by atoms with Crippen LogP contribution < -0.4 is 0 Å². The Kier molecular flexibility index (Phi) is 5.30. The lowest BCUT2D eigenvalue weighted by Gasteiger charge is -2.20. The largest absolute Gasteiger partial charge is 0.351 e. The van der Waals surface area contributed by atoms with Crippen molar-refractivity contribution in [1.29, 1.82) is 0 Å². The van der Waals surface area contributed by atoms with E-state index in [-0.39, 0.29) is 5.91 Å². The minimum atomic E-state index is 0.00344. The van der Waals surface area contributed by atoms with Gasteiger partial charge in [-0.05, 0) is 30.2 Å². The predicted octanol–water partition coefficient (Wildman–Crippen LogP) is 3.78. The number of aromatic nitrogens is 1. The number of nitrogens with zero attached hydrogens (tertiary/aromatic N) is 3. The molecule has 0 bridgehead atoms. The third kappa shape index (κ3) is 3.79. The number of benzene rings is 1. The van der Waals surface area contributed by atoms with E-state index in [9.17, 15) is 4.79 Å². The van der Waals surface area contributed by atoms with Gasteiger partial charge in [-0.1, -0.05) is 49.3 Å².